The van der Waals surface area contributed by atoms with Crippen molar-refractivity contribution in [3.8, 4) is 5.75 Å². The van der Waals surface area contributed by atoms with Crippen LogP contribution in [0.4, 0.5) is 0 Å². The molecule has 0 amide bonds. The van der Waals surface area contributed by atoms with Gasteiger partial charge in [-0.15, -0.1) is 0 Å². The van der Waals surface area contributed by atoms with E-state index in [4.69, 9.17) is 4.74 Å². The van der Waals surface area contributed by atoms with Gasteiger partial charge in [-0.1, -0.05) is 60.7 Å². The summed E-state index contributed by atoms with van der Waals surface area (Å²) in [6.45, 7) is 0. The van der Waals surface area contributed by atoms with Gasteiger partial charge in [0.25, 0.3) is 0 Å². The number of esters is 1. The molecule has 3 aromatic carbocycles. The molecule has 3 heteroatoms. The highest BCUT2D eigenvalue weighted by Crippen LogP contribution is 2.35. The van der Waals surface area contributed by atoms with Gasteiger partial charge in [-0.3, -0.25) is 9.59 Å². The van der Waals surface area contributed by atoms with Crippen LogP contribution in [0.1, 0.15) is 15.9 Å². The van der Waals surface area contributed by atoms with E-state index in [1.807, 2.05) is 36.4 Å². The normalized spacial score (nSPS) is 16.7. The summed E-state index contributed by atoms with van der Waals surface area (Å²) in [6, 6.07) is 20.6. The van der Waals surface area contributed by atoms with Crippen molar-refractivity contribution in [1.82, 2.24) is 0 Å². The first-order valence-electron chi connectivity index (χ1n) is 7.55. The van der Waals surface area contributed by atoms with Crippen molar-refractivity contribution in [3.63, 3.8) is 0 Å². The van der Waals surface area contributed by atoms with E-state index in [9.17, 15) is 9.59 Å². The number of hydrogen-bond acceptors (Lipinski definition) is 3. The Bertz CT molecular complexity index is 913. The standard InChI is InChI=1S/C20H14O3/c21-19(14-7-2-1-3-8-14)17-12-16-15-9-5-4-6-13(15)10-11-18(16)23-20(17)22/h1-11,17H,12H2/t17-/m1/s1. The maximum absolute atomic E-state index is 12.7. The first-order chi connectivity index (χ1) is 11.2. The zero-order valence-corrected chi connectivity index (χ0v) is 12.4. The van der Waals surface area contributed by atoms with Crippen LogP contribution in [-0.2, 0) is 11.2 Å². The quantitative estimate of drug-likeness (QED) is 0.313. The summed E-state index contributed by atoms with van der Waals surface area (Å²) < 4.78 is 5.44. The van der Waals surface area contributed by atoms with Crippen molar-refractivity contribution in [1.29, 1.82) is 0 Å². The van der Waals surface area contributed by atoms with E-state index in [2.05, 4.69) is 0 Å². The zero-order chi connectivity index (χ0) is 15.8. The number of benzene rings is 3. The van der Waals surface area contributed by atoms with Gasteiger partial charge in [-0.25, -0.2) is 0 Å². The van der Waals surface area contributed by atoms with E-state index in [-0.39, 0.29) is 5.78 Å². The van der Waals surface area contributed by atoms with Gasteiger partial charge in [0.05, 0.1) is 0 Å². The molecule has 4 rings (SSSR count). The van der Waals surface area contributed by atoms with Crippen LogP contribution in [0.3, 0.4) is 0 Å². The second-order valence-corrected chi connectivity index (χ2v) is 5.67. The molecule has 0 radical (unpaired) electrons. The van der Waals surface area contributed by atoms with Crippen LogP contribution < -0.4 is 4.74 Å². The lowest BCUT2D eigenvalue weighted by atomic mass is 9.87. The molecule has 0 bridgehead atoms. The smallest absolute Gasteiger partial charge is 0.322 e. The molecule has 23 heavy (non-hydrogen) atoms. The lowest BCUT2D eigenvalue weighted by molar-refractivity contribution is -0.138. The van der Waals surface area contributed by atoms with E-state index in [0.29, 0.717) is 17.7 Å². The molecule has 1 aliphatic rings. The third-order valence-corrected chi connectivity index (χ3v) is 4.28. The molecule has 1 aliphatic heterocycles. The van der Waals surface area contributed by atoms with E-state index in [1.165, 1.54) is 0 Å². The van der Waals surface area contributed by atoms with Crippen LogP contribution in [0.15, 0.2) is 66.7 Å². The van der Waals surface area contributed by atoms with Crippen molar-refractivity contribution in [3.05, 3.63) is 77.9 Å². The number of Topliss-reactive ketones (excluding diaryl/α,β-unsaturated/α-hetero) is 1. The minimum Gasteiger partial charge on any atom is -0.426 e. The number of carbonyl (C=O) groups is 2. The number of hydrogen-bond donors (Lipinski definition) is 0. The fourth-order valence-electron chi connectivity index (χ4n) is 3.09. The fourth-order valence-corrected chi connectivity index (χ4v) is 3.09. The molecular formula is C20H14O3. The Morgan fingerprint density at radius 2 is 1.65 bits per heavy atom. The second-order valence-electron chi connectivity index (χ2n) is 5.67. The lowest BCUT2D eigenvalue weighted by Crippen LogP contribution is -2.34. The Balaban J connectivity index is 1.78. The monoisotopic (exact) mass is 302 g/mol. The maximum Gasteiger partial charge on any atom is 0.322 e. The summed E-state index contributed by atoms with van der Waals surface area (Å²) >= 11 is 0. The molecule has 0 unspecified atom stereocenters. The number of rotatable bonds is 2. The van der Waals surface area contributed by atoms with Crippen LogP contribution in [0.5, 0.6) is 5.75 Å². The third kappa shape index (κ3) is 2.30. The van der Waals surface area contributed by atoms with Crippen molar-refractivity contribution in [2.24, 2.45) is 5.92 Å². The Morgan fingerprint density at radius 1 is 0.913 bits per heavy atom. The number of fused-ring (bicyclic) bond motifs is 3. The molecule has 0 saturated carbocycles. The minimum absolute atomic E-state index is 0.186. The van der Waals surface area contributed by atoms with Gasteiger partial charge in [0.2, 0.25) is 0 Å². The molecule has 0 fully saturated rings. The van der Waals surface area contributed by atoms with Crippen LogP contribution in [-0.4, -0.2) is 11.8 Å². The van der Waals surface area contributed by atoms with Gasteiger partial charge < -0.3 is 4.74 Å². The molecule has 0 aliphatic carbocycles. The maximum atomic E-state index is 12.7. The molecule has 112 valence electrons. The van der Waals surface area contributed by atoms with E-state index >= 15 is 0 Å². The van der Waals surface area contributed by atoms with Gasteiger partial charge >= 0.3 is 5.97 Å². The highest BCUT2D eigenvalue weighted by molar-refractivity contribution is 6.10. The molecular weight excluding hydrogens is 288 g/mol. The molecule has 3 nitrogen and oxygen atoms in total. The van der Waals surface area contributed by atoms with Crippen LogP contribution >= 0.6 is 0 Å². The Hall–Kier alpha value is -2.94. The minimum atomic E-state index is -0.782. The lowest BCUT2D eigenvalue weighted by Gasteiger charge is -2.23. The van der Waals surface area contributed by atoms with Gasteiger partial charge in [0.15, 0.2) is 5.78 Å². The van der Waals surface area contributed by atoms with Crippen LogP contribution in [0.25, 0.3) is 10.8 Å². The largest absolute Gasteiger partial charge is 0.426 e. The summed E-state index contributed by atoms with van der Waals surface area (Å²) in [5.41, 5.74) is 1.47. The van der Waals surface area contributed by atoms with Crippen molar-refractivity contribution >= 4 is 22.5 Å². The predicted molar refractivity (Wildman–Crippen MR) is 87.5 cm³/mol. The van der Waals surface area contributed by atoms with Crippen molar-refractivity contribution in [2.75, 3.05) is 0 Å². The molecule has 0 saturated heterocycles. The van der Waals surface area contributed by atoms with Crippen molar-refractivity contribution in [2.45, 2.75) is 6.42 Å². The summed E-state index contributed by atoms with van der Waals surface area (Å²) in [4.78, 5) is 24.9. The first-order valence-corrected chi connectivity index (χ1v) is 7.55. The Kier molecular flexibility index (Phi) is 3.19. The third-order valence-electron chi connectivity index (χ3n) is 4.28. The SMILES string of the molecule is O=C1Oc2ccc3ccccc3c2C[C@@H]1C(=O)c1ccccc1. The van der Waals surface area contributed by atoms with Crippen molar-refractivity contribution < 1.29 is 14.3 Å². The summed E-state index contributed by atoms with van der Waals surface area (Å²) in [5, 5.41) is 2.11. The zero-order valence-electron chi connectivity index (χ0n) is 12.4. The van der Waals surface area contributed by atoms with E-state index < -0.39 is 11.9 Å². The number of carbonyl (C=O) groups excluding carboxylic acids is 2. The molecule has 1 atom stereocenters. The van der Waals surface area contributed by atoms with Crippen LogP contribution in [0, 0.1) is 5.92 Å². The highest BCUT2D eigenvalue weighted by Gasteiger charge is 2.35. The van der Waals surface area contributed by atoms with Gasteiger partial charge in [0, 0.05) is 11.1 Å². The Morgan fingerprint density at radius 3 is 2.48 bits per heavy atom. The average Bonchev–Trinajstić information content (AvgIpc) is 2.61. The molecule has 0 spiro atoms. The molecule has 0 N–H and O–H groups in total. The topological polar surface area (TPSA) is 43.4 Å². The number of ketones is 1. The fraction of sp³-hybridized carbons (Fsp3) is 0.100. The van der Waals surface area contributed by atoms with E-state index in [1.54, 1.807) is 30.3 Å². The second kappa shape index (κ2) is 5.36. The van der Waals surface area contributed by atoms with Gasteiger partial charge in [0.1, 0.15) is 11.7 Å². The molecule has 3 aromatic rings. The van der Waals surface area contributed by atoms with Gasteiger partial charge in [-0.05, 0) is 23.3 Å². The van der Waals surface area contributed by atoms with Gasteiger partial charge in [-0.2, -0.15) is 0 Å². The molecule has 1 heterocycles. The number of ether oxygens (including phenoxy) is 1. The summed E-state index contributed by atoms with van der Waals surface area (Å²) in [7, 11) is 0. The molecule has 0 aromatic heterocycles. The Labute approximate surface area is 133 Å². The predicted octanol–water partition coefficient (Wildman–Crippen LogP) is 3.80. The van der Waals surface area contributed by atoms with E-state index in [0.717, 1.165) is 16.3 Å². The average molecular weight is 302 g/mol. The first kappa shape index (κ1) is 13.7. The highest BCUT2D eigenvalue weighted by atomic mass is 16.5. The summed E-state index contributed by atoms with van der Waals surface area (Å²) in [5.74, 6) is -0.877. The van der Waals surface area contributed by atoms with Crippen LogP contribution in [0.2, 0.25) is 0 Å². The summed E-state index contributed by atoms with van der Waals surface area (Å²) in [6.07, 6.45) is 0.378.